The molecule has 0 spiro atoms. The second-order valence-corrected chi connectivity index (χ2v) is 11.5. The van der Waals surface area contributed by atoms with Crippen molar-refractivity contribution in [3.8, 4) is 0 Å². The Morgan fingerprint density at radius 3 is 2.00 bits per heavy atom. The maximum absolute atomic E-state index is 13.5. The molecular weight excluding hydrogens is 586 g/mol. The van der Waals surface area contributed by atoms with Crippen molar-refractivity contribution in [2.75, 3.05) is 6.61 Å². The summed E-state index contributed by atoms with van der Waals surface area (Å²) >= 11 is 0. The van der Waals surface area contributed by atoms with E-state index in [1.807, 2.05) is 0 Å². The number of nitrogens with one attached hydrogen (secondary N) is 1. The fourth-order valence-corrected chi connectivity index (χ4v) is 5.59. The number of imide groups is 1. The highest BCUT2D eigenvalue weighted by Crippen LogP contribution is 2.34. The summed E-state index contributed by atoms with van der Waals surface area (Å²) in [5, 5.41) is 3.82. The predicted octanol–water partition coefficient (Wildman–Crippen LogP) is 1.12. The molecule has 2 heterocycles. The molecule has 0 saturated carbocycles. The van der Waals surface area contributed by atoms with Gasteiger partial charge < -0.3 is 18.9 Å². The van der Waals surface area contributed by atoms with E-state index in [0.717, 1.165) is 37.4 Å². The van der Waals surface area contributed by atoms with Crippen molar-refractivity contribution in [1.82, 2.24) is 9.73 Å². The van der Waals surface area contributed by atoms with E-state index < -0.39 is 76.8 Å². The lowest BCUT2D eigenvalue weighted by Gasteiger charge is -2.46. The van der Waals surface area contributed by atoms with Crippen LogP contribution in [0.5, 0.6) is 0 Å². The van der Waals surface area contributed by atoms with Crippen LogP contribution < -0.4 is 4.83 Å². The van der Waals surface area contributed by atoms with Crippen LogP contribution in [0.25, 0.3) is 0 Å². The predicted molar refractivity (Wildman–Crippen MR) is 147 cm³/mol. The molecule has 228 valence electrons. The molecule has 4 rings (SSSR count). The summed E-state index contributed by atoms with van der Waals surface area (Å²) in [4.78, 5) is 65.8. The van der Waals surface area contributed by atoms with Gasteiger partial charge in [-0.15, -0.1) is 0 Å². The summed E-state index contributed by atoms with van der Waals surface area (Å²) in [6.07, 6.45) is -4.75. The van der Waals surface area contributed by atoms with Gasteiger partial charge in [0.2, 0.25) is 0 Å². The molecule has 2 amide bonds. The Labute approximate surface area is 247 Å². The highest BCUT2D eigenvalue weighted by Gasteiger charge is 2.56. The largest absolute Gasteiger partial charge is 0.463 e. The molecule has 15 heteroatoms. The van der Waals surface area contributed by atoms with Crippen LogP contribution in [0.4, 0.5) is 0 Å². The van der Waals surface area contributed by atoms with E-state index in [2.05, 4.69) is 9.93 Å². The van der Waals surface area contributed by atoms with Gasteiger partial charge >= 0.3 is 17.9 Å². The van der Waals surface area contributed by atoms with Gasteiger partial charge in [0.15, 0.2) is 12.2 Å². The number of esters is 3. The highest BCUT2D eigenvalue weighted by molar-refractivity contribution is 7.89. The first-order valence-electron chi connectivity index (χ1n) is 13.0. The molecule has 14 nitrogen and oxygen atoms in total. The summed E-state index contributed by atoms with van der Waals surface area (Å²) < 4.78 is 47.7. The van der Waals surface area contributed by atoms with Crippen LogP contribution in [0.3, 0.4) is 0 Å². The van der Waals surface area contributed by atoms with Gasteiger partial charge in [-0.25, -0.2) is 4.83 Å². The Hall–Kier alpha value is -4.63. The smallest absolute Gasteiger partial charge is 0.303 e. The standard InChI is InChI=1S/C28H29N3O11S/c1-15-9-11-19(12-10-15)43(37,38)30-29-13-22-24(31-27(35)20-7-5-6-8-21(20)28(31)36)26(41-18(4)34)25(40-17(3)33)23(42-22)14-39-16(2)32/h5-13,22-26,30H,14H2,1-4H3/t22-,23+,24-,25+,26+/m0/s1. The number of hydrogen-bond acceptors (Lipinski definition) is 12. The Morgan fingerprint density at radius 1 is 0.907 bits per heavy atom. The van der Waals surface area contributed by atoms with Crippen molar-refractivity contribution in [2.24, 2.45) is 5.10 Å². The normalized spacial score (nSPS) is 23.5. The summed E-state index contributed by atoms with van der Waals surface area (Å²) in [6, 6.07) is 10.4. The van der Waals surface area contributed by atoms with E-state index >= 15 is 0 Å². The Morgan fingerprint density at radius 2 is 1.47 bits per heavy atom. The summed E-state index contributed by atoms with van der Waals surface area (Å²) in [7, 11) is -4.15. The van der Waals surface area contributed by atoms with Crippen LogP contribution >= 0.6 is 0 Å². The number of hydrogen-bond donors (Lipinski definition) is 1. The first-order valence-corrected chi connectivity index (χ1v) is 14.5. The Bertz CT molecular complexity index is 1540. The molecule has 0 unspecified atom stereocenters. The minimum absolute atomic E-state index is 0.0657. The number of nitrogens with zero attached hydrogens (tertiary/aromatic N) is 2. The third-order valence-electron chi connectivity index (χ3n) is 6.60. The minimum atomic E-state index is -4.15. The molecule has 0 aromatic heterocycles. The molecule has 1 fully saturated rings. The quantitative estimate of drug-likeness (QED) is 0.140. The van der Waals surface area contributed by atoms with E-state index in [0.29, 0.717) is 0 Å². The van der Waals surface area contributed by atoms with Crippen LogP contribution in [0, 0.1) is 6.92 Å². The number of fused-ring (bicyclic) bond motifs is 1. The fourth-order valence-electron chi connectivity index (χ4n) is 4.79. The number of sulfonamides is 1. The highest BCUT2D eigenvalue weighted by atomic mass is 32.2. The summed E-state index contributed by atoms with van der Waals surface area (Å²) in [5.74, 6) is -3.90. The van der Waals surface area contributed by atoms with Gasteiger partial charge in [-0.05, 0) is 31.2 Å². The van der Waals surface area contributed by atoms with Crippen molar-refractivity contribution >= 4 is 46.0 Å². The molecule has 0 radical (unpaired) electrons. The number of ether oxygens (including phenoxy) is 4. The van der Waals surface area contributed by atoms with Crippen LogP contribution in [0.1, 0.15) is 47.1 Å². The molecule has 2 aromatic carbocycles. The molecule has 2 aliphatic heterocycles. The Balaban J connectivity index is 1.78. The van der Waals surface area contributed by atoms with Crippen molar-refractivity contribution in [3.63, 3.8) is 0 Å². The molecule has 0 bridgehead atoms. The van der Waals surface area contributed by atoms with Crippen molar-refractivity contribution in [3.05, 3.63) is 65.2 Å². The first-order chi connectivity index (χ1) is 20.3. The van der Waals surface area contributed by atoms with Gasteiger partial charge in [0.25, 0.3) is 21.8 Å². The minimum Gasteiger partial charge on any atom is -0.463 e. The monoisotopic (exact) mass is 615 g/mol. The zero-order valence-corrected chi connectivity index (χ0v) is 24.4. The second-order valence-electron chi connectivity index (χ2n) is 9.79. The van der Waals surface area contributed by atoms with Crippen LogP contribution in [0.2, 0.25) is 0 Å². The maximum atomic E-state index is 13.5. The van der Waals surface area contributed by atoms with Crippen molar-refractivity contribution in [1.29, 1.82) is 0 Å². The molecule has 43 heavy (non-hydrogen) atoms. The molecule has 0 aliphatic carbocycles. The maximum Gasteiger partial charge on any atom is 0.303 e. The number of aryl methyl sites for hydroxylation is 1. The van der Waals surface area contributed by atoms with E-state index in [-0.39, 0.29) is 16.0 Å². The SMILES string of the molecule is CC(=O)OC[C@H]1O[C@@H](C=NNS(=O)(=O)c2ccc(C)cc2)[C@H](N2C(=O)c3ccccc3C2=O)[C@@H](OC(C)=O)[C@@H]1OC(C)=O. The molecule has 5 atom stereocenters. The van der Waals surface area contributed by atoms with Gasteiger partial charge in [0.05, 0.1) is 22.2 Å². The number of carbonyl (C=O) groups excluding carboxylic acids is 5. The first kappa shape index (κ1) is 31.3. The van der Waals surface area contributed by atoms with Gasteiger partial charge in [0, 0.05) is 20.8 Å². The summed E-state index contributed by atoms with van der Waals surface area (Å²) in [5.41, 5.74) is 0.964. The number of benzene rings is 2. The summed E-state index contributed by atoms with van der Waals surface area (Å²) in [6.45, 7) is 4.58. The van der Waals surface area contributed by atoms with E-state index in [9.17, 15) is 32.4 Å². The second kappa shape index (κ2) is 12.7. The third-order valence-corrected chi connectivity index (χ3v) is 7.84. The lowest BCUT2D eigenvalue weighted by Crippen LogP contribution is -2.67. The van der Waals surface area contributed by atoms with Crippen molar-refractivity contribution in [2.45, 2.75) is 63.0 Å². The van der Waals surface area contributed by atoms with E-state index in [4.69, 9.17) is 18.9 Å². The number of hydrazone groups is 1. The topological polar surface area (TPSA) is 184 Å². The van der Waals surface area contributed by atoms with Crippen LogP contribution in [0.15, 0.2) is 58.5 Å². The molecule has 1 N–H and O–H groups in total. The van der Waals surface area contributed by atoms with Gasteiger partial charge in [-0.2, -0.15) is 13.5 Å². The molecule has 2 aliphatic rings. The van der Waals surface area contributed by atoms with E-state index in [1.165, 1.54) is 24.3 Å². The number of rotatable bonds is 9. The molecule has 2 aromatic rings. The molecular formula is C28H29N3O11S. The van der Waals surface area contributed by atoms with E-state index in [1.54, 1.807) is 31.2 Å². The van der Waals surface area contributed by atoms with Crippen molar-refractivity contribution < 1.29 is 51.3 Å². The molecule has 1 saturated heterocycles. The zero-order valence-electron chi connectivity index (χ0n) is 23.6. The lowest BCUT2D eigenvalue weighted by molar-refractivity contribution is -0.219. The zero-order chi connectivity index (χ0) is 31.5. The number of carbonyl (C=O) groups is 5. The number of amides is 2. The lowest BCUT2D eigenvalue weighted by atomic mass is 9.91. The Kier molecular flexibility index (Phi) is 9.25. The average molecular weight is 616 g/mol. The van der Waals surface area contributed by atoms with Gasteiger partial charge in [-0.1, -0.05) is 29.8 Å². The average Bonchev–Trinajstić information content (AvgIpc) is 3.18. The third kappa shape index (κ3) is 6.89. The van der Waals surface area contributed by atoms with Crippen LogP contribution in [-0.2, 0) is 43.4 Å². The van der Waals surface area contributed by atoms with Gasteiger partial charge in [0.1, 0.15) is 24.9 Å². The van der Waals surface area contributed by atoms with Gasteiger partial charge in [-0.3, -0.25) is 28.9 Å². The van der Waals surface area contributed by atoms with Crippen LogP contribution in [-0.4, -0.2) is 86.3 Å². The fraction of sp³-hybridized carbons (Fsp3) is 0.357.